The van der Waals surface area contributed by atoms with Crippen LogP contribution < -0.4 is 20.8 Å². The molecule has 0 aliphatic carbocycles. The van der Waals surface area contributed by atoms with Crippen molar-refractivity contribution in [2.75, 3.05) is 17.2 Å². The van der Waals surface area contributed by atoms with Gasteiger partial charge in [-0.3, -0.25) is 14.4 Å². The number of benzene rings is 3. The fraction of sp³-hybridized carbons (Fsp3) is 0.120. The normalized spacial score (nSPS) is 10.5. The summed E-state index contributed by atoms with van der Waals surface area (Å²) in [6.45, 7) is 1.87. The summed E-state index contributed by atoms with van der Waals surface area (Å²) in [5, 5.41) is 8.83. The van der Waals surface area contributed by atoms with E-state index in [0.29, 0.717) is 17.0 Å². The Kier molecular flexibility index (Phi) is 8.45. The lowest BCUT2D eigenvalue weighted by molar-refractivity contribution is -0.136. The van der Waals surface area contributed by atoms with E-state index in [-0.39, 0.29) is 18.2 Å². The van der Waals surface area contributed by atoms with Crippen LogP contribution in [0.4, 0.5) is 15.8 Å². The molecular formula is C25H23FN4O4. The van der Waals surface area contributed by atoms with Crippen LogP contribution in [0, 0.1) is 5.82 Å². The molecule has 174 valence electrons. The van der Waals surface area contributed by atoms with Gasteiger partial charge in [-0.15, -0.1) is 0 Å². The van der Waals surface area contributed by atoms with Gasteiger partial charge in [0.25, 0.3) is 5.91 Å². The number of nitrogens with one attached hydrogen (secondary N) is 3. The first-order valence-electron chi connectivity index (χ1n) is 10.4. The molecule has 0 fully saturated rings. The van der Waals surface area contributed by atoms with Crippen LogP contribution in [0.5, 0.6) is 5.75 Å². The second kappa shape index (κ2) is 11.9. The van der Waals surface area contributed by atoms with E-state index in [4.69, 9.17) is 4.74 Å². The maximum absolute atomic E-state index is 12.9. The molecule has 0 saturated carbocycles. The maximum Gasteiger partial charge on any atom is 0.329 e. The van der Waals surface area contributed by atoms with Crippen molar-refractivity contribution in [2.24, 2.45) is 5.10 Å². The molecule has 0 aliphatic heterocycles. The number of aryl methyl sites for hydroxylation is 1. The molecule has 3 N–H and O–H groups in total. The number of ether oxygens (including phenoxy) is 1. The Hall–Kier alpha value is -4.53. The fourth-order valence-corrected chi connectivity index (χ4v) is 2.79. The minimum Gasteiger partial charge on any atom is -0.484 e. The van der Waals surface area contributed by atoms with Crippen molar-refractivity contribution in [1.82, 2.24) is 5.43 Å². The van der Waals surface area contributed by atoms with Crippen LogP contribution >= 0.6 is 0 Å². The lowest BCUT2D eigenvalue weighted by Crippen LogP contribution is -2.32. The van der Waals surface area contributed by atoms with E-state index in [1.54, 1.807) is 24.3 Å². The van der Waals surface area contributed by atoms with Crippen LogP contribution in [-0.2, 0) is 20.8 Å². The number of carbonyl (C=O) groups is 3. The second-order valence-corrected chi connectivity index (χ2v) is 7.12. The summed E-state index contributed by atoms with van der Waals surface area (Å²) in [6, 6.07) is 19.3. The number of halogens is 1. The van der Waals surface area contributed by atoms with Crippen molar-refractivity contribution in [1.29, 1.82) is 0 Å². The third-order valence-corrected chi connectivity index (χ3v) is 4.56. The van der Waals surface area contributed by atoms with Crippen molar-refractivity contribution in [3.05, 3.63) is 89.7 Å². The number of anilines is 2. The smallest absolute Gasteiger partial charge is 0.329 e. The Morgan fingerprint density at radius 2 is 1.59 bits per heavy atom. The average molecular weight is 462 g/mol. The molecule has 0 aromatic heterocycles. The number of nitrogens with zero attached hydrogens (tertiary/aromatic N) is 1. The van der Waals surface area contributed by atoms with Crippen molar-refractivity contribution in [2.45, 2.75) is 13.3 Å². The van der Waals surface area contributed by atoms with Gasteiger partial charge in [0.05, 0.1) is 6.21 Å². The van der Waals surface area contributed by atoms with Gasteiger partial charge in [-0.1, -0.05) is 31.2 Å². The fourth-order valence-electron chi connectivity index (χ4n) is 2.79. The summed E-state index contributed by atoms with van der Waals surface area (Å²) in [4.78, 5) is 35.8. The summed E-state index contributed by atoms with van der Waals surface area (Å²) in [5.74, 6) is -2.27. The Morgan fingerprint density at radius 3 is 2.29 bits per heavy atom. The molecule has 3 aromatic carbocycles. The van der Waals surface area contributed by atoms with E-state index in [0.717, 1.165) is 18.6 Å². The molecule has 0 radical (unpaired) electrons. The minimum absolute atomic E-state index is 0.184. The molecule has 3 aromatic rings. The zero-order valence-corrected chi connectivity index (χ0v) is 18.4. The topological polar surface area (TPSA) is 109 Å². The molecule has 0 atom stereocenters. The summed E-state index contributed by atoms with van der Waals surface area (Å²) >= 11 is 0. The Morgan fingerprint density at radius 1 is 0.912 bits per heavy atom. The number of amides is 3. The third kappa shape index (κ3) is 7.56. The first-order chi connectivity index (χ1) is 16.4. The zero-order chi connectivity index (χ0) is 24.3. The molecular weight excluding hydrogens is 439 g/mol. The molecule has 3 rings (SSSR count). The molecule has 0 spiro atoms. The highest BCUT2D eigenvalue weighted by atomic mass is 19.1. The van der Waals surface area contributed by atoms with Gasteiger partial charge in [-0.25, -0.2) is 9.82 Å². The summed E-state index contributed by atoms with van der Waals surface area (Å²) in [6.07, 6.45) is 2.25. The summed E-state index contributed by atoms with van der Waals surface area (Å²) in [7, 11) is 0. The summed E-state index contributed by atoms with van der Waals surface area (Å²) < 4.78 is 18.4. The molecule has 8 nitrogen and oxygen atoms in total. The predicted octanol–water partition coefficient (Wildman–Crippen LogP) is 3.49. The lowest BCUT2D eigenvalue weighted by Gasteiger charge is -2.08. The molecule has 9 heteroatoms. The maximum atomic E-state index is 12.9. The zero-order valence-electron chi connectivity index (χ0n) is 18.4. The van der Waals surface area contributed by atoms with E-state index < -0.39 is 17.6 Å². The van der Waals surface area contributed by atoms with Gasteiger partial charge in [0.15, 0.2) is 6.61 Å². The van der Waals surface area contributed by atoms with Crippen LogP contribution in [0.3, 0.4) is 0 Å². The number of hydrogen-bond acceptors (Lipinski definition) is 5. The molecule has 0 unspecified atom stereocenters. The van der Waals surface area contributed by atoms with Crippen molar-refractivity contribution in [3.63, 3.8) is 0 Å². The Bertz CT molecular complexity index is 1180. The van der Waals surface area contributed by atoms with E-state index in [9.17, 15) is 18.8 Å². The van der Waals surface area contributed by atoms with Gasteiger partial charge in [0, 0.05) is 11.4 Å². The number of hydrogen-bond donors (Lipinski definition) is 3. The highest BCUT2D eigenvalue weighted by molar-refractivity contribution is 6.39. The van der Waals surface area contributed by atoms with Gasteiger partial charge in [-0.2, -0.15) is 5.10 Å². The number of carbonyl (C=O) groups excluding carboxylic acids is 3. The Balaban J connectivity index is 1.46. The molecule has 0 heterocycles. The van der Waals surface area contributed by atoms with Crippen LogP contribution in [-0.4, -0.2) is 30.5 Å². The molecule has 0 aliphatic rings. The third-order valence-electron chi connectivity index (χ3n) is 4.56. The quantitative estimate of drug-likeness (QED) is 0.270. The van der Waals surface area contributed by atoms with Crippen LogP contribution in [0.2, 0.25) is 0 Å². The highest BCUT2D eigenvalue weighted by Gasteiger charge is 2.12. The predicted molar refractivity (Wildman–Crippen MR) is 127 cm³/mol. The van der Waals surface area contributed by atoms with Crippen molar-refractivity contribution >= 4 is 35.3 Å². The first kappa shape index (κ1) is 24.1. The Labute approximate surface area is 195 Å². The van der Waals surface area contributed by atoms with E-state index >= 15 is 0 Å². The van der Waals surface area contributed by atoms with Crippen LogP contribution in [0.1, 0.15) is 18.1 Å². The summed E-state index contributed by atoms with van der Waals surface area (Å²) in [5.41, 5.74) is 4.82. The number of hydrazone groups is 1. The van der Waals surface area contributed by atoms with Gasteiger partial charge >= 0.3 is 11.8 Å². The molecule has 34 heavy (non-hydrogen) atoms. The highest BCUT2D eigenvalue weighted by Crippen LogP contribution is 2.13. The SMILES string of the molecule is CCc1ccc(NC(=O)COc2cccc(/C=N\NC(=O)C(=O)Nc3ccc(F)cc3)c2)cc1. The monoisotopic (exact) mass is 462 g/mol. The van der Waals surface area contributed by atoms with Gasteiger partial charge < -0.3 is 15.4 Å². The van der Waals surface area contributed by atoms with Crippen molar-refractivity contribution < 1.29 is 23.5 Å². The van der Waals surface area contributed by atoms with Gasteiger partial charge in [0.1, 0.15) is 11.6 Å². The van der Waals surface area contributed by atoms with E-state index in [2.05, 4.69) is 28.1 Å². The standard InChI is InChI=1S/C25H23FN4O4/c1-2-17-6-10-20(11-7-17)28-23(31)16-34-22-5-3-4-18(14-22)15-27-30-25(33)24(32)29-21-12-8-19(26)9-13-21/h3-15H,2,16H2,1H3,(H,28,31)(H,29,32)(H,30,33)/b27-15-. The van der Waals surface area contributed by atoms with E-state index in [1.165, 1.54) is 23.9 Å². The largest absolute Gasteiger partial charge is 0.484 e. The number of rotatable bonds is 8. The van der Waals surface area contributed by atoms with Crippen LogP contribution in [0.15, 0.2) is 77.9 Å². The van der Waals surface area contributed by atoms with Crippen molar-refractivity contribution in [3.8, 4) is 5.75 Å². The molecule has 0 saturated heterocycles. The van der Waals surface area contributed by atoms with E-state index in [1.807, 2.05) is 24.3 Å². The van der Waals surface area contributed by atoms with Crippen LogP contribution in [0.25, 0.3) is 0 Å². The molecule has 3 amide bonds. The van der Waals surface area contributed by atoms with Gasteiger partial charge in [-0.05, 0) is 66.1 Å². The second-order valence-electron chi connectivity index (χ2n) is 7.12. The van der Waals surface area contributed by atoms with Gasteiger partial charge in [0.2, 0.25) is 0 Å². The average Bonchev–Trinajstić information content (AvgIpc) is 2.85. The minimum atomic E-state index is -0.989. The molecule has 0 bridgehead atoms. The first-order valence-corrected chi connectivity index (χ1v) is 10.4. The lowest BCUT2D eigenvalue weighted by atomic mass is 10.1.